The molecule has 0 aliphatic carbocycles. The lowest BCUT2D eigenvalue weighted by Crippen LogP contribution is -2.06. The number of ether oxygens (including phenoxy) is 1. The fourth-order valence-electron chi connectivity index (χ4n) is 3.34. The van der Waals surface area contributed by atoms with Gasteiger partial charge in [-0.15, -0.1) is 0 Å². The van der Waals surface area contributed by atoms with Crippen molar-refractivity contribution in [2.75, 3.05) is 0 Å². The van der Waals surface area contributed by atoms with Gasteiger partial charge in [-0.2, -0.15) is 0 Å². The van der Waals surface area contributed by atoms with Crippen molar-refractivity contribution < 1.29 is 19.7 Å². The summed E-state index contributed by atoms with van der Waals surface area (Å²) in [5.74, 6) is 0.0498. The van der Waals surface area contributed by atoms with Crippen LogP contribution in [-0.4, -0.2) is 16.2 Å². The number of aliphatic carboxylic acids is 1. The highest BCUT2D eigenvalue weighted by atomic mass is 16.5. The number of carbonyl (C=O) groups is 1. The third-order valence-electron chi connectivity index (χ3n) is 5.01. The molecule has 0 heterocycles. The van der Waals surface area contributed by atoms with Gasteiger partial charge in [0.15, 0.2) is 0 Å². The van der Waals surface area contributed by atoms with E-state index in [0.29, 0.717) is 11.5 Å². The molecule has 0 fully saturated rings. The number of fused-ring (bicyclic) bond motifs is 1. The molecule has 144 valence electrons. The zero-order valence-electron chi connectivity index (χ0n) is 15.9. The van der Waals surface area contributed by atoms with Gasteiger partial charge in [0.1, 0.15) is 17.2 Å². The first-order chi connectivity index (χ1) is 14.0. The SMILES string of the molecule is CC(C(=O)O)c1ccc(Oc2c(-c3cccc(O)c3)ccc3ccccc23)cc1. The van der Waals surface area contributed by atoms with Crippen molar-refractivity contribution in [3.05, 3.63) is 90.5 Å². The maximum atomic E-state index is 11.2. The standard InChI is InChI=1S/C25H20O4/c1-16(25(27)28)17-9-12-21(13-10-17)29-24-22-8-3-2-5-18(22)11-14-23(24)19-6-4-7-20(26)15-19/h2-16,26H,1H3,(H,27,28). The molecule has 0 aliphatic rings. The molecule has 1 atom stereocenters. The summed E-state index contributed by atoms with van der Waals surface area (Å²) in [5, 5.41) is 21.1. The Kier molecular flexibility index (Phi) is 4.92. The second kappa shape index (κ2) is 7.68. The molecule has 4 nitrogen and oxygen atoms in total. The van der Waals surface area contributed by atoms with Crippen LogP contribution in [0, 0.1) is 0 Å². The van der Waals surface area contributed by atoms with Crippen LogP contribution in [0.15, 0.2) is 84.9 Å². The van der Waals surface area contributed by atoms with Crippen molar-refractivity contribution in [3.8, 4) is 28.4 Å². The number of benzene rings is 4. The molecule has 0 aromatic heterocycles. The van der Waals surface area contributed by atoms with E-state index < -0.39 is 11.9 Å². The van der Waals surface area contributed by atoms with E-state index in [1.54, 1.807) is 49.4 Å². The third kappa shape index (κ3) is 3.78. The predicted octanol–water partition coefficient (Wildman–Crippen LogP) is 6.19. The average molecular weight is 384 g/mol. The van der Waals surface area contributed by atoms with Gasteiger partial charge >= 0.3 is 5.97 Å². The maximum Gasteiger partial charge on any atom is 0.310 e. The van der Waals surface area contributed by atoms with Gasteiger partial charge in [0, 0.05) is 10.9 Å². The van der Waals surface area contributed by atoms with Gasteiger partial charge in [-0.3, -0.25) is 4.79 Å². The van der Waals surface area contributed by atoms with Gasteiger partial charge in [-0.1, -0.05) is 54.6 Å². The highest BCUT2D eigenvalue weighted by molar-refractivity contribution is 5.95. The van der Waals surface area contributed by atoms with Crippen molar-refractivity contribution in [2.24, 2.45) is 0 Å². The summed E-state index contributed by atoms with van der Waals surface area (Å²) >= 11 is 0. The molecule has 2 N–H and O–H groups in total. The smallest absolute Gasteiger partial charge is 0.310 e. The molecule has 0 spiro atoms. The van der Waals surface area contributed by atoms with Crippen LogP contribution in [0.1, 0.15) is 18.4 Å². The lowest BCUT2D eigenvalue weighted by Gasteiger charge is -2.15. The second-order valence-electron chi connectivity index (χ2n) is 6.94. The van der Waals surface area contributed by atoms with Crippen LogP contribution in [0.4, 0.5) is 0 Å². The quantitative estimate of drug-likeness (QED) is 0.430. The summed E-state index contributed by atoms with van der Waals surface area (Å²) in [6.07, 6.45) is 0. The lowest BCUT2D eigenvalue weighted by molar-refractivity contribution is -0.138. The van der Waals surface area contributed by atoms with Crippen LogP contribution in [0.2, 0.25) is 0 Å². The Balaban J connectivity index is 1.79. The van der Waals surface area contributed by atoms with E-state index in [-0.39, 0.29) is 5.75 Å². The molecule has 0 amide bonds. The summed E-state index contributed by atoms with van der Waals surface area (Å²) in [4.78, 5) is 11.2. The molecule has 4 heteroatoms. The normalized spacial score (nSPS) is 11.9. The van der Waals surface area contributed by atoms with E-state index in [4.69, 9.17) is 4.74 Å². The van der Waals surface area contributed by atoms with E-state index >= 15 is 0 Å². The molecule has 0 radical (unpaired) electrons. The first-order valence-electron chi connectivity index (χ1n) is 9.35. The van der Waals surface area contributed by atoms with Crippen molar-refractivity contribution in [1.82, 2.24) is 0 Å². The topological polar surface area (TPSA) is 66.8 Å². The molecule has 0 saturated carbocycles. The Morgan fingerprint density at radius 1 is 0.897 bits per heavy atom. The number of rotatable bonds is 5. The minimum absolute atomic E-state index is 0.189. The summed E-state index contributed by atoms with van der Waals surface area (Å²) in [6.45, 7) is 1.66. The van der Waals surface area contributed by atoms with E-state index in [0.717, 1.165) is 27.5 Å². The van der Waals surface area contributed by atoms with E-state index in [1.165, 1.54) is 0 Å². The summed E-state index contributed by atoms with van der Waals surface area (Å²) < 4.78 is 6.28. The van der Waals surface area contributed by atoms with Crippen LogP contribution < -0.4 is 4.74 Å². The molecule has 0 aliphatic heterocycles. The number of carboxylic acid groups (broad SMARTS) is 1. The first kappa shape index (κ1) is 18.6. The number of carboxylic acids is 1. The number of hydrogen-bond acceptors (Lipinski definition) is 3. The highest BCUT2D eigenvalue weighted by Gasteiger charge is 2.15. The number of hydrogen-bond donors (Lipinski definition) is 2. The Morgan fingerprint density at radius 2 is 1.66 bits per heavy atom. The molecule has 29 heavy (non-hydrogen) atoms. The molecule has 4 rings (SSSR count). The van der Waals surface area contributed by atoms with Crippen molar-refractivity contribution in [2.45, 2.75) is 12.8 Å². The monoisotopic (exact) mass is 384 g/mol. The van der Waals surface area contributed by atoms with Crippen LogP contribution in [0.25, 0.3) is 21.9 Å². The Labute approximate surface area is 168 Å². The zero-order valence-corrected chi connectivity index (χ0v) is 15.9. The number of phenolic OH excluding ortho intramolecular Hbond substituents is 1. The third-order valence-corrected chi connectivity index (χ3v) is 5.01. The van der Waals surface area contributed by atoms with Crippen molar-refractivity contribution >= 4 is 16.7 Å². The summed E-state index contributed by atoms with van der Waals surface area (Å²) in [5.41, 5.74) is 2.43. The van der Waals surface area contributed by atoms with Crippen molar-refractivity contribution in [1.29, 1.82) is 0 Å². The number of phenols is 1. The average Bonchev–Trinajstić information content (AvgIpc) is 2.74. The summed E-state index contributed by atoms with van der Waals surface area (Å²) in [6, 6.07) is 26.1. The highest BCUT2D eigenvalue weighted by Crippen LogP contribution is 2.40. The Bertz CT molecular complexity index is 1180. The number of aromatic hydroxyl groups is 1. The Hall–Kier alpha value is -3.79. The molecule has 0 saturated heterocycles. The minimum Gasteiger partial charge on any atom is -0.508 e. The zero-order chi connectivity index (χ0) is 20.4. The van der Waals surface area contributed by atoms with Gasteiger partial charge in [0.2, 0.25) is 0 Å². The van der Waals surface area contributed by atoms with E-state index in [2.05, 4.69) is 0 Å². The molecular formula is C25H20O4. The van der Waals surface area contributed by atoms with Crippen LogP contribution in [0.5, 0.6) is 17.2 Å². The molecule has 4 aromatic rings. The Morgan fingerprint density at radius 3 is 2.38 bits per heavy atom. The maximum absolute atomic E-state index is 11.2. The van der Waals surface area contributed by atoms with Gasteiger partial charge < -0.3 is 14.9 Å². The second-order valence-corrected chi connectivity index (χ2v) is 6.94. The fraction of sp³-hybridized carbons (Fsp3) is 0.0800. The molecular weight excluding hydrogens is 364 g/mol. The van der Waals surface area contributed by atoms with Gasteiger partial charge in [-0.05, 0) is 53.8 Å². The molecule has 1 unspecified atom stereocenters. The first-order valence-corrected chi connectivity index (χ1v) is 9.35. The predicted molar refractivity (Wildman–Crippen MR) is 114 cm³/mol. The van der Waals surface area contributed by atoms with Gasteiger partial charge in [0.05, 0.1) is 5.92 Å². The molecule has 4 aromatic carbocycles. The minimum atomic E-state index is -0.862. The van der Waals surface area contributed by atoms with Crippen LogP contribution >= 0.6 is 0 Å². The van der Waals surface area contributed by atoms with Crippen LogP contribution in [0.3, 0.4) is 0 Å². The van der Waals surface area contributed by atoms with Gasteiger partial charge in [-0.25, -0.2) is 0 Å². The van der Waals surface area contributed by atoms with Crippen LogP contribution in [-0.2, 0) is 4.79 Å². The molecule has 0 bridgehead atoms. The lowest BCUT2D eigenvalue weighted by atomic mass is 9.99. The van der Waals surface area contributed by atoms with Gasteiger partial charge in [0.25, 0.3) is 0 Å². The fourth-order valence-corrected chi connectivity index (χ4v) is 3.34. The summed E-state index contributed by atoms with van der Waals surface area (Å²) in [7, 11) is 0. The van der Waals surface area contributed by atoms with E-state index in [1.807, 2.05) is 42.5 Å². The largest absolute Gasteiger partial charge is 0.508 e. The van der Waals surface area contributed by atoms with Crippen molar-refractivity contribution in [3.63, 3.8) is 0 Å². The van der Waals surface area contributed by atoms with E-state index in [9.17, 15) is 15.0 Å².